The average Bonchev–Trinajstić information content (AvgIpc) is 2.81. The Balaban J connectivity index is 2.08. The maximum absolute atomic E-state index is 5.43. The van der Waals surface area contributed by atoms with Crippen LogP contribution < -0.4 is 9.47 Å². The summed E-state index contributed by atoms with van der Waals surface area (Å²) in [5.74, 6) is 1.70. The maximum Gasteiger partial charge on any atom is 0.231 e. The molecular formula is C14H20BrNO2. The summed E-state index contributed by atoms with van der Waals surface area (Å²) in [6.07, 6.45) is 2.48. The molecule has 0 amide bonds. The Morgan fingerprint density at radius 3 is 2.61 bits per heavy atom. The van der Waals surface area contributed by atoms with E-state index in [0.717, 1.165) is 35.6 Å². The lowest BCUT2D eigenvalue weighted by Gasteiger charge is -2.21. The van der Waals surface area contributed by atoms with Crippen LogP contribution in [0.4, 0.5) is 0 Å². The van der Waals surface area contributed by atoms with Gasteiger partial charge in [-0.15, -0.1) is 0 Å². The van der Waals surface area contributed by atoms with Crippen molar-refractivity contribution >= 4 is 15.9 Å². The summed E-state index contributed by atoms with van der Waals surface area (Å²) >= 11 is 3.61. The topological polar surface area (TPSA) is 21.7 Å². The van der Waals surface area contributed by atoms with Gasteiger partial charge in [0.2, 0.25) is 6.79 Å². The van der Waals surface area contributed by atoms with Crippen LogP contribution in [0.5, 0.6) is 11.5 Å². The molecule has 4 heteroatoms. The molecule has 0 saturated carbocycles. The molecule has 0 fully saturated rings. The third kappa shape index (κ3) is 3.18. The predicted octanol–water partition coefficient (Wildman–Crippen LogP) is 3.80. The van der Waals surface area contributed by atoms with Crippen molar-refractivity contribution in [2.45, 2.75) is 33.2 Å². The first kappa shape index (κ1) is 13.7. The van der Waals surface area contributed by atoms with Gasteiger partial charge in [0.1, 0.15) is 0 Å². The van der Waals surface area contributed by atoms with Gasteiger partial charge in [0.05, 0.1) is 0 Å². The van der Waals surface area contributed by atoms with Gasteiger partial charge in [0, 0.05) is 11.0 Å². The van der Waals surface area contributed by atoms with Gasteiger partial charge in [-0.05, 0) is 37.2 Å². The molecule has 1 heterocycles. The van der Waals surface area contributed by atoms with Crippen molar-refractivity contribution < 1.29 is 9.47 Å². The summed E-state index contributed by atoms with van der Waals surface area (Å²) in [7, 11) is 0. The molecule has 0 N–H and O–H groups in total. The van der Waals surface area contributed by atoms with Crippen LogP contribution in [0.15, 0.2) is 16.6 Å². The third-order valence-electron chi connectivity index (χ3n) is 3.21. The van der Waals surface area contributed by atoms with Gasteiger partial charge in [0.25, 0.3) is 0 Å². The van der Waals surface area contributed by atoms with Crippen LogP contribution in [-0.2, 0) is 6.54 Å². The van der Waals surface area contributed by atoms with Crippen LogP contribution in [0.25, 0.3) is 0 Å². The van der Waals surface area contributed by atoms with E-state index in [4.69, 9.17) is 9.47 Å². The van der Waals surface area contributed by atoms with E-state index in [1.54, 1.807) is 0 Å². The van der Waals surface area contributed by atoms with Crippen molar-refractivity contribution in [1.29, 1.82) is 0 Å². The summed E-state index contributed by atoms with van der Waals surface area (Å²) < 4.78 is 11.9. The highest BCUT2D eigenvalue weighted by molar-refractivity contribution is 9.10. The minimum Gasteiger partial charge on any atom is -0.454 e. The van der Waals surface area contributed by atoms with Gasteiger partial charge in [-0.25, -0.2) is 0 Å². The fourth-order valence-electron chi connectivity index (χ4n) is 2.05. The highest BCUT2D eigenvalue weighted by Crippen LogP contribution is 2.37. The lowest BCUT2D eigenvalue weighted by molar-refractivity contribution is 0.174. The molecule has 2 rings (SSSR count). The minimum absolute atomic E-state index is 0.332. The second-order valence-corrected chi connectivity index (χ2v) is 5.37. The van der Waals surface area contributed by atoms with E-state index < -0.39 is 0 Å². The van der Waals surface area contributed by atoms with E-state index >= 15 is 0 Å². The molecule has 1 aliphatic rings. The van der Waals surface area contributed by atoms with Crippen LogP contribution in [0.1, 0.15) is 32.3 Å². The second-order valence-electron chi connectivity index (χ2n) is 4.52. The number of unbranched alkanes of at least 4 members (excludes halogenated alkanes) is 1. The Morgan fingerprint density at radius 2 is 1.94 bits per heavy atom. The van der Waals surface area contributed by atoms with Crippen LogP contribution in [0.3, 0.4) is 0 Å². The molecule has 0 atom stereocenters. The van der Waals surface area contributed by atoms with Crippen molar-refractivity contribution in [3.63, 3.8) is 0 Å². The zero-order valence-electron chi connectivity index (χ0n) is 11.0. The fourth-order valence-corrected chi connectivity index (χ4v) is 2.50. The zero-order valence-corrected chi connectivity index (χ0v) is 12.6. The van der Waals surface area contributed by atoms with E-state index in [1.807, 2.05) is 6.07 Å². The average molecular weight is 314 g/mol. The van der Waals surface area contributed by atoms with Gasteiger partial charge < -0.3 is 9.47 Å². The Kier molecular flexibility index (Phi) is 4.89. The number of hydrogen-bond donors (Lipinski definition) is 0. The monoisotopic (exact) mass is 313 g/mol. The summed E-state index contributed by atoms with van der Waals surface area (Å²) in [5.41, 5.74) is 1.26. The van der Waals surface area contributed by atoms with E-state index in [9.17, 15) is 0 Å². The van der Waals surface area contributed by atoms with E-state index in [0.29, 0.717) is 6.79 Å². The van der Waals surface area contributed by atoms with Crippen LogP contribution in [0.2, 0.25) is 0 Å². The number of fused-ring (bicyclic) bond motifs is 1. The van der Waals surface area contributed by atoms with Crippen LogP contribution in [0, 0.1) is 0 Å². The van der Waals surface area contributed by atoms with E-state index in [2.05, 4.69) is 40.7 Å². The molecule has 0 bridgehead atoms. The molecule has 18 heavy (non-hydrogen) atoms. The molecule has 3 nitrogen and oxygen atoms in total. The first-order valence-corrected chi connectivity index (χ1v) is 7.34. The lowest BCUT2D eigenvalue weighted by atomic mass is 10.2. The predicted molar refractivity (Wildman–Crippen MR) is 76.1 cm³/mol. The normalized spacial score (nSPS) is 13.3. The molecule has 0 radical (unpaired) electrons. The van der Waals surface area contributed by atoms with Gasteiger partial charge in [-0.3, -0.25) is 4.90 Å². The zero-order chi connectivity index (χ0) is 13.0. The van der Waals surface area contributed by atoms with Crippen molar-refractivity contribution in [1.82, 2.24) is 4.90 Å². The summed E-state index contributed by atoms with van der Waals surface area (Å²) in [5, 5.41) is 0. The van der Waals surface area contributed by atoms with Gasteiger partial charge in [-0.2, -0.15) is 0 Å². The SMILES string of the molecule is CCCCN(CC)Cc1cc2c(cc1Br)OCO2. The molecule has 1 aliphatic heterocycles. The van der Waals surface area contributed by atoms with E-state index in [1.165, 1.54) is 18.4 Å². The van der Waals surface area contributed by atoms with Crippen LogP contribution in [-0.4, -0.2) is 24.8 Å². The number of rotatable bonds is 6. The molecular weight excluding hydrogens is 294 g/mol. The fraction of sp³-hybridized carbons (Fsp3) is 0.571. The number of ether oxygens (including phenoxy) is 2. The van der Waals surface area contributed by atoms with Crippen molar-refractivity contribution in [2.24, 2.45) is 0 Å². The van der Waals surface area contributed by atoms with Crippen molar-refractivity contribution in [2.75, 3.05) is 19.9 Å². The number of halogens is 1. The van der Waals surface area contributed by atoms with Gasteiger partial charge in [-0.1, -0.05) is 36.2 Å². The number of hydrogen-bond acceptors (Lipinski definition) is 3. The molecule has 0 aromatic heterocycles. The summed E-state index contributed by atoms with van der Waals surface area (Å²) in [4.78, 5) is 2.45. The second kappa shape index (κ2) is 6.43. The Hall–Kier alpha value is -0.740. The molecule has 0 aliphatic carbocycles. The molecule has 1 aromatic carbocycles. The van der Waals surface area contributed by atoms with Crippen molar-refractivity contribution in [3.05, 3.63) is 22.2 Å². The Morgan fingerprint density at radius 1 is 1.22 bits per heavy atom. The standard InChI is InChI=1S/C14H20BrNO2/c1-3-5-6-16(4-2)9-11-7-13-14(8-12(11)15)18-10-17-13/h7-8H,3-6,9-10H2,1-2H3. The highest BCUT2D eigenvalue weighted by atomic mass is 79.9. The van der Waals surface area contributed by atoms with Crippen LogP contribution >= 0.6 is 15.9 Å². The van der Waals surface area contributed by atoms with Gasteiger partial charge in [0.15, 0.2) is 11.5 Å². The Labute approximate surface area is 117 Å². The Bertz CT molecular complexity index is 409. The number of benzene rings is 1. The number of nitrogens with zero attached hydrogens (tertiary/aromatic N) is 1. The summed E-state index contributed by atoms with van der Waals surface area (Å²) in [6, 6.07) is 4.09. The maximum atomic E-state index is 5.43. The molecule has 0 saturated heterocycles. The smallest absolute Gasteiger partial charge is 0.231 e. The minimum atomic E-state index is 0.332. The summed E-state index contributed by atoms with van der Waals surface area (Å²) in [6.45, 7) is 7.93. The first-order chi connectivity index (χ1) is 8.74. The molecule has 100 valence electrons. The lowest BCUT2D eigenvalue weighted by Crippen LogP contribution is -2.24. The van der Waals surface area contributed by atoms with Gasteiger partial charge >= 0.3 is 0 Å². The molecule has 0 spiro atoms. The molecule has 1 aromatic rings. The first-order valence-electron chi connectivity index (χ1n) is 6.55. The quantitative estimate of drug-likeness (QED) is 0.797. The van der Waals surface area contributed by atoms with E-state index in [-0.39, 0.29) is 0 Å². The third-order valence-corrected chi connectivity index (χ3v) is 3.95. The highest BCUT2D eigenvalue weighted by Gasteiger charge is 2.17. The van der Waals surface area contributed by atoms with Crippen molar-refractivity contribution in [3.8, 4) is 11.5 Å². The molecule has 0 unspecified atom stereocenters. The largest absolute Gasteiger partial charge is 0.454 e.